The van der Waals surface area contributed by atoms with Crippen molar-refractivity contribution in [1.29, 1.82) is 0 Å². The van der Waals surface area contributed by atoms with Gasteiger partial charge in [0.2, 0.25) is 5.91 Å². The van der Waals surface area contributed by atoms with E-state index in [-0.39, 0.29) is 11.3 Å². The highest BCUT2D eigenvalue weighted by molar-refractivity contribution is 6.30. The molecule has 0 bridgehead atoms. The summed E-state index contributed by atoms with van der Waals surface area (Å²) in [6.07, 6.45) is 4.17. The molecule has 1 atom stereocenters. The van der Waals surface area contributed by atoms with Gasteiger partial charge in [-0.15, -0.1) is 0 Å². The summed E-state index contributed by atoms with van der Waals surface area (Å²) in [4.78, 5) is 12.4. The third-order valence-electron chi connectivity index (χ3n) is 4.56. The highest BCUT2D eigenvalue weighted by Crippen LogP contribution is 2.48. The molecular weight excluding hydrogens is 272 g/mol. The van der Waals surface area contributed by atoms with Crippen LogP contribution in [0.3, 0.4) is 0 Å². The van der Waals surface area contributed by atoms with Crippen molar-refractivity contribution >= 4 is 17.5 Å². The second-order valence-corrected chi connectivity index (χ2v) is 6.43. The largest absolute Gasteiger partial charge is 0.355 e. The van der Waals surface area contributed by atoms with Crippen LogP contribution >= 0.6 is 11.6 Å². The Labute approximate surface area is 125 Å². The molecule has 1 saturated carbocycles. The lowest BCUT2D eigenvalue weighted by atomic mass is 9.95. The van der Waals surface area contributed by atoms with Crippen LogP contribution in [-0.4, -0.2) is 25.5 Å². The molecule has 108 valence electrons. The van der Waals surface area contributed by atoms with Crippen LogP contribution in [-0.2, 0) is 10.2 Å². The lowest BCUT2D eigenvalue weighted by Crippen LogP contribution is -2.36. The van der Waals surface area contributed by atoms with E-state index in [1.807, 2.05) is 24.3 Å². The predicted octanol–water partition coefficient (Wildman–Crippen LogP) is 2.49. The fourth-order valence-corrected chi connectivity index (χ4v) is 3.27. The lowest BCUT2D eigenvalue weighted by molar-refractivity contribution is -0.123. The fourth-order valence-electron chi connectivity index (χ4n) is 3.08. The molecule has 2 aliphatic rings. The summed E-state index contributed by atoms with van der Waals surface area (Å²) < 4.78 is 0. The van der Waals surface area contributed by atoms with Gasteiger partial charge in [0.1, 0.15) is 0 Å². The number of rotatable bonds is 5. The predicted molar refractivity (Wildman–Crippen MR) is 81.0 cm³/mol. The van der Waals surface area contributed by atoms with Gasteiger partial charge in [0.05, 0.1) is 5.41 Å². The average molecular weight is 293 g/mol. The topological polar surface area (TPSA) is 41.1 Å². The number of amides is 1. The Morgan fingerprint density at radius 1 is 1.45 bits per heavy atom. The van der Waals surface area contributed by atoms with Gasteiger partial charge in [0.25, 0.3) is 0 Å². The van der Waals surface area contributed by atoms with Gasteiger partial charge in [0.15, 0.2) is 0 Å². The molecule has 0 aromatic heterocycles. The molecule has 2 N–H and O–H groups in total. The molecule has 0 radical (unpaired) electrons. The van der Waals surface area contributed by atoms with Crippen LogP contribution in [0.1, 0.15) is 31.2 Å². The maximum Gasteiger partial charge on any atom is 0.230 e. The average Bonchev–Trinajstić information content (AvgIpc) is 3.10. The maximum atomic E-state index is 12.4. The SMILES string of the molecule is O=C(NCCC1CCNC1)C1(c2cccc(Cl)c2)CC1. The van der Waals surface area contributed by atoms with E-state index in [9.17, 15) is 4.79 Å². The van der Waals surface area contributed by atoms with E-state index in [1.54, 1.807) is 0 Å². The summed E-state index contributed by atoms with van der Waals surface area (Å²) in [6, 6.07) is 7.72. The van der Waals surface area contributed by atoms with Crippen molar-refractivity contribution in [1.82, 2.24) is 10.6 Å². The zero-order valence-corrected chi connectivity index (χ0v) is 12.4. The van der Waals surface area contributed by atoms with E-state index in [1.165, 1.54) is 6.42 Å². The first-order valence-electron chi connectivity index (χ1n) is 7.46. The van der Waals surface area contributed by atoms with Crippen molar-refractivity contribution in [3.63, 3.8) is 0 Å². The van der Waals surface area contributed by atoms with Gasteiger partial charge in [-0.25, -0.2) is 0 Å². The summed E-state index contributed by atoms with van der Waals surface area (Å²) in [6.45, 7) is 2.99. The number of hydrogen-bond donors (Lipinski definition) is 2. The van der Waals surface area contributed by atoms with E-state index < -0.39 is 0 Å². The lowest BCUT2D eigenvalue weighted by Gasteiger charge is -2.17. The minimum atomic E-state index is -0.307. The van der Waals surface area contributed by atoms with Crippen molar-refractivity contribution in [3.05, 3.63) is 34.9 Å². The van der Waals surface area contributed by atoms with Gasteiger partial charge in [0, 0.05) is 11.6 Å². The Kier molecular flexibility index (Phi) is 3.99. The molecule has 1 aliphatic carbocycles. The number of nitrogens with one attached hydrogen (secondary N) is 2. The van der Waals surface area contributed by atoms with Gasteiger partial charge >= 0.3 is 0 Å². The first-order valence-corrected chi connectivity index (χ1v) is 7.83. The van der Waals surface area contributed by atoms with Crippen LogP contribution < -0.4 is 10.6 Å². The molecule has 4 heteroatoms. The Morgan fingerprint density at radius 3 is 2.95 bits per heavy atom. The van der Waals surface area contributed by atoms with Crippen molar-refractivity contribution in [3.8, 4) is 0 Å². The number of carbonyl (C=O) groups is 1. The van der Waals surface area contributed by atoms with Crippen LogP contribution in [0.4, 0.5) is 0 Å². The summed E-state index contributed by atoms with van der Waals surface area (Å²) in [5.74, 6) is 0.891. The highest BCUT2D eigenvalue weighted by Gasteiger charge is 2.51. The molecule has 20 heavy (non-hydrogen) atoms. The molecule has 2 fully saturated rings. The molecule has 1 unspecified atom stereocenters. The number of hydrogen-bond acceptors (Lipinski definition) is 2. The minimum absolute atomic E-state index is 0.172. The molecule has 1 heterocycles. The van der Waals surface area contributed by atoms with Crippen molar-refractivity contribution in [2.75, 3.05) is 19.6 Å². The minimum Gasteiger partial charge on any atom is -0.355 e. The van der Waals surface area contributed by atoms with E-state index in [2.05, 4.69) is 10.6 Å². The van der Waals surface area contributed by atoms with Gasteiger partial charge in [-0.05, 0) is 62.4 Å². The Morgan fingerprint density at radius 2 is 2.30 bits per heavy atom. The van der Waals surface area contributed by atoms with Crippen LogP contribution in [0.2, 0.25) is 5.02 Å². The summed E-state index contributed by atoms with van der Waals surface area (Å²) >= 11 is 6.04. The summed E-state index contributed by atoms with van der Waals surface area (Å²) in [5, 5.41) is 7.19. The zero-order valence-electron chi connectivity index (χ0n) is 11.6. The van der Waals surface area contributed by atoms with Crippen molar-refractivity contribution < 1.29 is 4.79 Å². The molecule has 1 amide bonds. The molecule has 1 saturated heterocycles. The van der Waals surface area contributed by atoms with Gasteiger partial charge in [-0.1, -0.05) is 23.7 Å². The Bertz CT molecular complexity index is 493. The summed E-state index contributed by atoms with van der Waals surface area (Å²) in [7, 11) is 0. The van der Waals surface area contributed by atoms with Crippen LogP contribution in [0, 0.1) is 5.92 Å². The highest BCUT2D eigenvalue weighted by atomic mass is 35.5. The number of halogens is 1. The Balaban J connectivity index is 1.56. The molecule has 1 aliphatic heterocycles. The second kappa shape index (κ2) is 5.74. The van der Waals surface area contributed by atoms with Gasteiger partial charge in [-0.2, -0.15) is 0 Å². The first kappa shape index (κ1) is 13.9. The molecule has 0 spiro atoms. The third kappa shape index (κ3) is 2.84. The van der Waals surface area contributed by atoms with E-state index in [0.29, 0.717) is 5.02 Å². The fraction of sp³-hybridized carbons (Fsp3) is 0.562. The second-order valence-electron chi connectivity index (χ2n) is 6.00. The van der Waals surface area contributed by atoms with Crippen LogP contribution in [0.5, 0.6) is 0 Å². The molecule has 1 aromatic carbocycles. The molecule has 3 rings (SSSR count). The normalized spacial score (nSPS) is 23.6. The first-order chi connectivity index (χ1) is 9.71. The van der Waals surface area contributed by atoms with E-state index in [4.69, 9.17) is 11.6 Å². The Hall–Kier alpha value is -1.06. The molecular formula is C16H21ClN2O. The van der Waals surface area contributed by atoms with Crippen LogP contribution in [0.25, 0.3) is 0 Å². The van der Waals surface area contributed by atoms with Crippen molar-refractivity contribution in [2.45, 2.75) is 31.1 Å². The van der Waals surface area contributed by atoms with E-state index >= 15 is 0 Å². The van der Waals surface area contributed by atoms with E-state index in [0.717, 1.165) is 50.4 Å². The van der Waals surface area contributed by atoms with Gasteiger partial charge in [-0.3, -0.25) is 4.79 Å². The number of carbonyl (C=O) groups excluding carboxylic acids is 1. The monoisotopic (exact) mass is 292 g/mol. The van der Waals surface area contributed by atoms with Gasteiger partial charge < -0.3 is 10.6 Å². The smallest absolute Gasteiger partial charge is 0.230 e. The standard InChI is InChI=1S/C16H21ClN2O/c17-14-3-1-2-13(10-14)16(6-7-16)15(20)19-9-5-12-4-8-18-11-12/h1-3,10,12,18H,4-9,11H2,(H,19,20). The van der Waals surface area contributed by atoms with Crippen LogP contribution in [0.15, 0.2) is 24.3 Å². The molecule has 1 aromatic rings. The third-order valence-corrected chi connectivity index (χ3v) is 4.80. The number of benzene rings is 1. The van der Waals surface area contributed by atoms with Crippen molar-refractivity contribution in [2.24, 2.45) is 5.92 Å². The maximum absolute atomic E-state index is 12.4. The zero-order chi connectivity index (χ0) is 14.0. The molecule has 3 nitrogen and oxygen atoms in total. The quantitative estimate of drug-likeness (QED) is 0.875. The summed E-state index contributed by atoms with van der Waals surface area (Å²) in [5.41, 5.74) is 0.753.